The minimum Gasteiger partial charge on any atom is -0.460 e. The highest BCUT2D eigenvalue weighted by molar-refractivity contribution is 5.82. The Labute approximate surface area is 102 Å². The second-order valence-electron chi connectivity index (χ2n) is 4.02. The molecule has 0 fully saturated rings. The molecule has 0 spiro atoms. The Kier molecular flexibility index (Phi) is 2.37. The summed E-state index contributed by atoms with van der Waals surface area (Å²) in [5.74, 6) is 1.55. The van der Waals surface area contributed by atoms with Crippen LogP contribution in [0.15, 0.2) is 44.5 Å². The fourth-order valence-electron chi connectivity index (χ4n) is 1.76. The number of aromatic amines is 2. The summed E-state index contributed by atoms with van der Waals surface area (Å²) in [4.78, 5) is 20.8. The number of hydrogen-bond acceptors (Lipinski definition) is 3. The van der Waals surface area contributed by atoms with Crippen molar-refractivity contribution in [2.75, 3.05) is 0 Å². The first-order chi connectivity index (χ1) is 8.70. The molecule has 1 aromatic carbocycles. The molecule has 2 aromatic heterocycles. The highest BCUT2D eigenvalue weighted by atomic mass is 16.3. The molecule has 0 saturated carbocycles. The first kappa shape index (κ1) is 10.6. The van der Waals surface area contributed by atoms with Crippen molar-refractivity contribution in [1.82, 2.24) is 9.97 Å². The number of H-pyrrole nitrogens is 2. The van der Waals surface area contributed by atoms with Gasteiger partial charge in [-0.25, -0.2) is 4.79 Å². The maximum Gasteiger partial charge on any atom is 0.323 e. The maximum absolute atomic E-state index is 11.1. The summed E-state index contributed by atoms with van der Waals surface area (Å²) in [5.41, 5.74) is 2.05. The van der Waals surface area contributed by atoms with Gasteiger partial charge in [0.25, 0.3) is 0 Å². The molecule has 0 unspecified atom stereocenters. The smallest absolute Gasteiger partial charge is 0.323 e. The van der Waals surface area contributed by atoms with Crippen molar-refractivity contribution in [3.63, 3.8) is 0 Å². The summed E-state index contributed by atoms with van der Waals surface area (Å²) in [6.07, 6.45) is 1.65. The molecule has 0 atom stereocenters. The lowest BCUT2D eigenvalue weighted by atomic mass is 10.3. The van der Waals surface area contributed by atoms with E-state index in [0.29, 0.717) is 5.76 Å². The predicted octanol–water partition coefficient (Wildman–Crippen LogP) is 2.51. The van der Waals surface area contributed by atoms with Crippen molar-refractivity contribution in [1.29, 1.82) is 0 Å². The van der Waals surface area contributed by atoms with Gasteiger partial charge in [0, 0.05) is 0 Å². The number of imidazole rings is 1. The first-order valence-corrected chi connectivity index (χ1v) is 5.53. The van der Waals surface area contributed by atoms with E-state index in [0.717, 1.165) is 22.5 Å². The molecule has 0 saturated heterocycles. The molecule has 0 bridgehead atoms. The van der Waals surface area contributed by atoms with Crippen molar-refractivity contribution in [2.24, 2.45) is 4.99 Å². The van der Waals surface area contributed by atoms with Gasteiger partial charge < -0.3 is 14.4 Å². The number of aliphatic imine (C=N–C) groups is 1. The third-order valence-electron chi connectivity index (χ3n) is 2.60. The monoisotopic (exact) mass is 241 g/mol. The Morgan fingerprint density at radius 2 is 2.00 bits per heavy atom. The summed E-state index contributed by atoms with van der Waals surface area (Å²) in [6.45, 7) is 1.88. The Hall–Kier alpha value is -2.56. The average molecular weight is 241 g/mol. The van der Waals surface area contributed by atoms with Gasteiger partial charge >= 0.3 is 5.69 Å². The quantitative estimate of drug-likeness (QED) is 0.676. The third kappa shape index (κ3) is 1.98. The number of hydrogen-bond donors (Lipinski definition) is 2. The fraction of sp³-hybridized carbons (Fsp3) is 0.0769. The fourth-order valence-corrected chi connectivity index (χ4v) is 1.76. The number of aryl methyl sites for hydroxylation is 1. The summed E-state index contributed by atoms with van der Waals surface area (Å²) >= 11 is 0. The van der Waals surface area contributed by atoms with Gasteiger partial charge in [-0.2, -0.15) is 0 Å². The topological polar surface area (TPSA) is 74.2 Å². The van der Waals surface area contributed by atoms with Crippen LogP contribution in [0.2, 0.25) is 0 Å². The summed E-state index contributed by atoms with van der Waals surface area (Å²) in [6, 6.07) is 9.19. The van der Waals surface area contributed by atoms with Crippen LogP contribution in [0.5, 0.6) is 0 Å². The number of benzene rings is 1. The van der Waals surface area contributed by atoms with E-state index in [-0.39, 0.29) is 5.69 Å². The molecule has 3 rings (SSSR count). The van der Waals surface area contributed by atoms with Gasteiger partial charge in [-0.1, -0.05) is 0 Å². The predicted molar refractivity (Wildman–Crippen MR) is 69.6 cm³/mol. The number of fused-ring (bicyclic) bond motifs is 1. The zero-order valence-electron chi connectivity index (χ0n) is 9.73. The largest absolute Gasteiger partial charge is 0.460 e. The molecule has 5 nitrogen and oxygen atoms in total. The Bertz CT molecular complexity index is 777. The number of nitrogens with one attached hydrogen (secondary N) is 2. The van der Waals surface area contributed by atoms with E-state index in [1.165, 1.54) is 0 Å². The Balaban J connectivity index is 1.94. The molecule has 3 aromatic rings. The van der Waals surface area contributed by atoms with Crippen LogP contribution in [0.25, 0.3) is 11.0 Å². The SMILES string of the molecule is Cc1ccc(C=Nc2ccc3[nH]c(=O)[nH]c3c2)o1. The number of aromatic nitrogens is 2. The van der Waals surface area contributed by atoms with E-state index in [4.69, 9.17) is 4.42 Å². The molecule has 0 aliphatic heterocycles. The second-order valence-corrected chi connectivity index (χ2v) is 4.02. The van der Waals surface area contributed by atoms with E-state index >= 15 is 0 Å². The number of furan rings is 1. The Morgan fingerprint density at radius 3 is 2.78 bits per heavy atom. The first-order valence-electron chi connectivity index (χ1n) is 5.53. The minimum atomic E-state index is -0.215. The third-order valence-corrected chi connectivity index (χ3v) is 2.60. The minimum absolute atomic E-state index is 0.215. The van der Waals surface area contributed by atoms with Gasteiger partial charge in [0.2, 0.25) is 0 Å². The van der Waals surface area contributed by atoms with Crippen LogP contribution in [-0.2, 0) is 0 Å². The van der Waals surface area contributed by atoms with Gasteiger partial charge in [0.1, 0.15) is 11.5 Å². The summed E-state index contributed by atoms with van der Waals surface area (Å²) in [7, 11) is 0. The normalized spacial score (nSPS) is 11.6. The molecule has 0 radical (unpaired) electrons. The van der Waals surface area contributed by atoms with Crippen LogP contribution in [0.4, 0.5) is 5.69 Å². The van der Waals surface area contributed by atoms with Crippen molar-refractivity contribution >= 4 is 22.9 Å². The zero-order valence-corrected chi connectivity index (χ0v) is 9.73. The second kappa shape index (κ2) is 4.03. The Morgan fingerprint density at radius 1 is 1.17 bits per heavy atom. The molecule has 2 heterocycles. The highest BCUT2D eigenvalue weighted by Gasteiger charge is 1.99. The van der Waals surface area contributed by atoms with Crippen molar-refractivity contribution in [3.8, 4) is 0 Å². The lowest BCUT2D eigenvalue weighted by Crippen LogP contribution is -1.99. The van der Waals surface area contributed by atoms with E-state index in [1.807, 2.05) is 31.2 Å². The average Bonchev–Trinajstić information content (AvgIpc) is 2.90. The number of nitrogens with zero attached hydrogens (tertiary/aromatic N) is 1. The molecule has 2 N–H and O–H groups in total. The summed E-state index contributed by atoms with van der Waals surface area (Å²) in [5, 5.41) is 0. The molecular formula is C13H11N3O2. The molecule has 0 amide bonds. The van der Waals surface area contributed by atoms with Crippen molar-refractivity contribution in [3.05, 3.63) is 52.3 Å². The molecule has 5 heteroatoms. The van der Waals surface area contributed by atoms with E-state index < -0.39 is 0 Å². The van der Waals surface area contributed by atoms with Gasteiger partial charge in [-0.05, 0) is 37.3 Å². The van der Waals surface area contributed by atoms with Crippen molar-refractivity contribution < 1.29 is 4.42 Å². The van der Waals surface area contributed by atoms with E-state index in [2.05, 4.69) is 15.0 Å². The molecule has 0 aliphatic rings. The summed E-state index contributed by atoms with van der Waals surface area (Å²) < 4.78 is 5.38. The maximum atomic E-state index is 11.1. The standard InChI is InChI=1S/C13H11N3O2/c1-8-2-4-10(18-8)7-14-9-3-5-11-12(6-9)16-13(17)15-11/h2-7H,1H3,(H2,15,16,17). The van der Waals surface area contributed by atoms with Gasteiger partial charge in [-0.3, -0.25) is 4.99 Å². The van der Waals surface area contributed by atoms with Crippen molar-refractivity contribution in [2.45, 2.75) is 6.92 Å². The molecule has 18 heavy (non-hydrogen) atoms. The van der Waals surface area contributed by atoms with E-state index in [9.17, 15) is 4.79 Å². The highest BCUT2D eigenvalue weighted by Crippen LogP contribution is 2.17. The zero-order chi connectivity index (χ0) is 12.5. The molecular weight excluding hydrogens is 230 g/mol. The number of rotatable bonds is 2. The van der Waals surface area contributed by atoms with Crippen LogP contribution in [0.3, 0.4) is 0 Å². The van der Waals surface area contributed by atoms with Crippen LogP contribution in [0.1, 0.15) is 11.5 Å². The lowest BCUT2D eigenvalue weighted by Gasteiger charge is -1.93. The van der Waals surface area contributed by atoms with E-state index in [1.54, 1.807) is 12.3 Å². The van der Waals surface area contributed by atoms with Gasteiger partial charge in [0.05, 0.1) is 22.9 Å². The van der Waals surface area contributed by atoms with Crippen LogP contribution in [0, 0.1) is 6.92 Å². The van der Waals surface area contributed by atoms with Crippen LogP contribution >= 0.6 is 0 Å². The van der Waals surface area contributed by atoms with Gasteiger partial charge in [-0.15, -0.1) is 0 Å². The van der Waals surface area contributed by atoms with Crippen LogP contribution < -0.4 is 5.69 Å². The van der Waals surface area contributed by atoms with Crippen LogP contribution in [-0.4, -0.2) is 16.2 Å². The lowest BCUT2D eigenvalue weighted by molar-refractivity contribution is 0.528. The molecule has 0 aliphatic carbocycles. The molecule has 90 valence electrons. The van der Waals surface area contributed by atoms with Gasteiger partial charge in [0.15, 0.2) is 0 Å².